The number of epoxide rings is 2. The highest BCUT2D eigenvalue weighted by Crippen LogP contribution is 2.41. The van der Waals surface area contributed by atoms with Gasteiger partial charge in [0.1, 0.15) is 32.4 Å². The predicted molar refractivity (Wildman–Crippen MR) is 124 cm³/mol. The fourth-order valence-corrected chi connectivity index (χ4v) is 1.47. The molecule has 32 heteroatoms. The monoisotopic (exact) mass is 838 g/mol. The Bertz CT molecular complexity index is 778. The SMILES string of the molecule is FCCOCC1CO1.FCOC(F)(F)OC(F)(F)C(F)(F)OF.FCOC(F)(F)OC(F)(F)C(F)(F)OF.FCOCC1CO1.NCCF.NCF. The van der Waals surface area contributed by atoms with E-state index in [1.807, 2.05) is 0 Å². The first-order valence-corrected chi connectivity index (χ1v) is 12.5. The summed E-state index contributed by atoms with van der Waals surface area (Å²) in [6.45, 7) is -3.96. The zero-order valence-corrected chi connectivity index (χ0v) is 25.4. The van der Waals surface area contributed by atoms with Crippen LogP contribution in [-0.4, -0.2) is 130 Å². The van der Waals surface area contributed by atoms with Gasteiger partial charge in [0.05, 0.1) is 33.0 Å². The van der Waals surface area contributed by atoms with E-state index in [4.69, 9.17) is 14.2 Å². The van der Waals surface area contributed by atoms with Crippen molar-refractivity contribution in [1.29, 1.82) is 0 Å². The summed E-state index contributed by atoms with van der Waals surface area (Å²) in [4.78, 5) is 2.87. The van der Waals surface area contributed by atoms with Gasteiger partial charge < -0.3 is 30.4 Å². The van der Waals surface area contributed by atoms with Crippen LogP contribution in [0.1, 0.15) is 0 Å². The molecule has 0 aromatic carbocycles. The van der Waals surface area contributed by atoms with Crippen LogP contribution in [0.5, 0.6) is 0 Å². The minimum atomic E-state index is -6.04. The average Bonchev–Trinajstić information content (AvgIpc) is 3.97. The van der Waals surface area contributed by atoms with Crippen LogP contribution in [0.3, 0.4) is 0 Å². The van der Waals surface area contributed by atoms with Crippen LogP contribution in [0.25, 0.3) is 0 Å². The van der Waals surface area contributed by atoms with Crippen LogP contribution in [0.15, 0.2) is 0 Å². The van der Waals surface area contributed by atoms with E-state index in [1.54, 1.807) is 0 Å². The van der Waals surface area contributed by atoms with Crippen molar-refractivity contribution in [3.8, 4) is 0 Å². The maximum Gasteiger partial charge on any atom is 0.492 e. The first-order chi connectivity index (χ1) is 23.8. The molecule has 2 unspecified atom stereocenters. The highest BCUT2D eigenvalue weighted by Gasteiger charge is 2.67. The molecule has 0 aromatic rings. The molecule has 0 aromatic heterocycles. The summed E-state index contributed by atoms with van der Waals surface area (Å²) in [6, 6.07) is 0. The molecule has 2 saturated heterocycles. The first-order valence-electron chi connectivity index (χ1n) is 12.5. The van der Waals surface area contributed by atoms with Crippen LogP contribution >= 0.6 is 0 Å². The highest BCUT2D eigenvalue weighted by molar-refractivity contribution is 4.68. The van der Waals surface area contributed by atoms with Crippen molar-refractivity contribution in [2.24, 2.45) is 11.5 Å². The molecule has 2 heterocycles. The molecule has 4 N–H and O–H groups in total. The van der Waals surface area contributed by atoms with E-state index < -0.39 is 77.8 Å². The molecule has 0 amide bonds. The standard InChI is InChI=1S/C5H9FO2.2C4H2F8O3.C4H7FO2.C2H6FN.CH4FN/c6-1-2-7-3-5-4-8-5;2*5-1-13-4(10,11)14-2(6,7)3(8,9)15-12;5-3-6-1-4-2-7-4;3-1-2-4;2-1-3/h5H,1-4H2;2*1H2;4H,1-3H2;1-2,4H2;1,3H2. The van der Waals surface area contributed by atoms with Crippen molar-refractivity contribution in [1.82, 2.24) is 0 Å². The van der Waals surface area contributed by atoms with Gasteiger partial charge in [-0.2, -0.15) is 35.1 Å². The minimum absolute atomic E-state index is 0.153. The zero-order chi connectivity index (χ0) is 41.7. The molecule has 52 heavy (non-hydrogen) atoms. The Morgan fingerprint density at radius 3 is 1.04 bits per heavy atom. The van der Waals surface area contributed by atoms with Gasteiger partial charge in [0.2, 0.25) is 0 Å². The van der Waals surface area contributed by atoms with Gasteiger partial charge in [0.15, 0.2) is 20.6 Å². The number of halogens is 20. The van der Waals surface area contributed by atoms with Gasteiger partial charge in [0, 0.05) is 6.54 Å². The largest absolute Gasteiger partial charge is 0.492 e. The lowest BCUT2D eigenvalue weighted by Gasteiger charge is -2.25. The average molecular weight is 838 g/mol. The van der Waals surface area contributed by atoms with E-state index in [9.17, 15) is 88.1 Å². The van der Waals surface area contributed by atoms with Crippen LogP contribution in [0.2, 0.25) is 0 Å². The highest BCUT2D eigenvalue weighted by atomic mass is 19.4. The number of alkyl halides is 18. The molecule has 2 atom stereocenters. The first kappa shape index (κ1) is 56.9. The summed E-state index contributed by atoms with van der Waals surface area (Å²) in [5, 5.41) is 0. The second kappa shape index (κ2) is 29.5. The Hall–Kier alpha value is -1.88. The molecule has 2 aliphatic rings. The lowest BCUT2D eigenvalue weighted by molar-refractivity contribution is -0.548. The maximum atomic E-state index is 12.0. The fourth-order valence-electron chi connectivity index (χ4n) is 1.47. The molecular weight excluding hydrogens is 808 g/mol. The summed E-state index contributed by atoms with van der Waals surface area (Å²) in [7, 11) is 0. The molecule has 2 aliphatic heterocycles. The number of hydrogen-bond donors (Lipinski definition) is 2. The third kappa shape index (κ3) is 31.6. The molecule has 2 rings (SSSR count). The summed E-state index contributed by atoms with van der Waals surface area (Å²) in [6.07, 6.45) is -34.3. The van der Waals surface area contributed by atoms with E-state index in [2.05, 4.69) is 35.2 Å². The van der Waals surface area contributed by atoms with E-state index in [-0.39, 0.29) is 25.4 Å². The van der Waals surface area contributed by atoms with Crippen molar-refractivity contribution in [2.75, 3.05) is 80.3 Å². The number of rotatable bonds is 20. The summed E-state index contributed by atoms with van der Waals surface area (Å²) < 4.78 is 258. The lowest BCUT2D eigenvalue weighted by Crippen LogP contribution is -2.48. The van der Waals surface area contributed by atoms with Gasteiger partial charge in [-0.05, 0) is 9.05 Å². The quantitative estimate of drug-likeness (QED) is 0.0513. The van der Waals surface area contributed by atoms with Crippen molar-refractivity contribution in [2.45, 2.75) is 49.2 Å². The summed E-state index contributed by atoms with van der Waals surface area (Å²) in [5.74, 6) is 0. The van der Waals surface area contributed by atoms with Crippen molar-refractivity contribution in [3.63, 3.8) is 0 Å². The van der Waals surface area contributed by atoms with Crippen LogP contribution in [0, 0.1) is 0 Å². The normalized spacial score (nSPS) is 17.0. The molecule has 0 aliphatic carbocycles. The van der Waals surface area contributed by atoms with Gasteiger partial charge in [-0.15, -0.1) is 27.4 Å². The molecule has 0 radical (unpaired) electrons. The Balaban J connectivity index is -0.000000287. The molecule has 0 spiro atoms. The van der Waals surface area contributed by atoms with Gasteiger partial charge in [-0.1, -0.05) is 0 Å². The van der Waals surface area contributed by atoms with Crippen LogP contribution in [-0.2, 0) is 47.8 Å². The van der Waals surface area contributed by atoms with Crippen LogP contribution < -0.4 is 11.5 Å². The van der Waals surface area contributed by atoms with Gasteiger partial charge in [0.25, 0.3) is 0 Å². The Kier molecular flexibility index (Phi) is 32.2. The van der Waals surface area contributed by atoms with Crippen molar-refractivity contribution < 1.29 is 136 Å². The van der Waals surface area contributed by atoms with Crippen molar-refractivity contribution in [3.05, 3.63) is 0 Å². The maximum absolute atomic E-state index is 12.0. The van der Waals surface area contributed by atoms with E-state index >= 15 is 0 Å². The fraction of sp³-hybridized carbons (Fsp3) is 1.00. The third-order valence-corrected chi connectivity index (χ3v) is 3.63. The lowest BCUT2D eigenvalue weighted by atomic mass is 10.5. The zero-order valence-electron chi connectivity index (χ0n) is 25.4. The van der Waals surface area contributed by atoms with E-state index in [0.29, 0.717) is 13.2 Å². The van der Waals surface area contributed by atoms with E-state index in [0.717, 1.165) is 13.2 Å². The predicted octanol–water partition coefficient (Wildman–Crippen LogP) is 5.65. The van der Waals surface area contributed by atoms with Gasteiger partial charge >= 0.3 is 37.0 Å². The Labute approximate surface area is 278 Å². The smallest absolute Gasteiger partial charge is 0.376 e. The number of hydrogen-bond acceptors (Lipinski definition) is 12. The molecule has 2 fully saturated rings. The molecule has 12 nitrogen and oxygen atoms in total. The molecule has 0 bridgehead atoms. The van der Waals surface area contributed by atoms with Gasteiger partial charge in [-0.25, -0.2) is 35.8 Å². The molecule has 0 saturated carbocycles. The molecular formula is C20H30F20N2O10. The van der Waals surface area contributed by atoms with E-state index in [1.165, 1.54) is 9.88 Å². The Morgan fingerprint density at radius 2 is 0.827 bits per heavy atom. The topological polar surface area (TPSA) is 151 Å². The summed E-state index contributed by atoms with van der Waals surface area (Å²) >= 11 is 0. The summed E-state index contributed by atoms with van der Waals surface area (Å²) in [5.41, 5.74) is 8.83. The third-order valence-electron chi connectivity index (χ3n) is 3.63. The Morgan fingerprint density at radius 1 is 0.519 bits per heavy atom. The minimum Gasteiger partial charge on any atom is -0.376 e. The van der Waals surface area contributed by atoms with Gasteiger partial charge in [-0.3, -0.25) is 9.47 Å². The second-order valence-corrected chi connectivity index (χ2v) is 7.65. The second-order valence-electron chi connectivity index (χ2n) is 7.65. The van der Waals surface area contributed by atoms with Crippen molar-refractivity contribution >= 4 is 0 Å². The van der Waals surface area contributed by atoms with Crippen LogP contribution in [0.4, 0.5) is 88.1 Å². The number of nitrogens with two attached hydrogens (primary N) is 2. The number of ether oxygens (including phenoxy) is 8. The molecule has 320 valence electrons.